The van der Waals surface area contributed by atoms with Gasteiger partial charge in [0.25, 0.3) is 0 Å². The van der Waals surface area contributed by atoms with Gasteiger partial charge in [-0.3, -0.25) is 0 Å². The molecule has 15 heavy (non-hydrogen) atoms. The number of hydrogen-bond acceptors (Lipinski definition) is 4. The highest BCUT2D eigenvalue weighted by molar-refractivity contribution is 6.37. The van der Waals surface area contributed by atoms with Crippen LogP contribution in [0.15, 0.2) is 6.07 Å². The van der Waals surface area contributed by atoms with Crippen molar-refractivity contribution in [2.75, 3.05) is 10.7 Å². The van der Waals surface area contributed by atoms with E-state index in [4.69, 9.17) is 29.0 Å². The van der Waals surface area contributed by atoms with Gasteiger partial charge in [-0.25, -0.2) is 10.8 Å². The van der Waals surface area contributed by atoms with Crippen molar-refractivity contribution in [1.29, 1.82) is 0 Å². The molecule has 2 rings (SSSR count). The molecule has 0 aliphatic heterocycles. The van der Waals surface area contributed by atoms with Crippen molar-refractivity contribution in [1.82, 2.24) is 4.98 Å². The first-order valence-corrected chi connectivity index (χ1v) is 5.40. The van der Waals surface area contributed by atoms with E-state index in [1.165, 1.54) is 0 Å². The molecular weight excluding hydrogens is 235 g/mol. The number of aromatic nitrogens is 1. The SMILES string of the molecule is CC1(Nc2nc(NN)c(Cl)cc2Cl)CC1. The molecule has 0 bridgehead atoms. The third-order valence-corrected chi connectivity index (χ3v) is 3.06. The topological polar surface area (TPSA) is 63.0 Å². The Morgan fingerprint density at radius 2 is 1.93 bits per heavy atom. The average Bonchev–Trinajstić information content (AvgIpc) is 2.89. The van der Waals surface area contributed by atoms with E-state index in [2.05, 4.69) is 22.7 Å². The van der Waals surface area contributed by atoms with E-state index in [0.29, 0.717) is 21.7 Å². The summed E-state index contributed by atoms with van der Waals surface area (Å²) >= 11 is 11.9. The quantitative estimate of drug-likeness (QED) is 0.567. The van der Waals surface area contributed by atoms with Gasteiger partial charge in [-0.15, -0.1) is 0 Å². The Hall–Kier alpha value is -0.710. The molecule has 1 aliphatic rings. The first kappa shape index (κ1) is 10.8. The van der Waals surface area contributed by atoms with E-state index in [1.54, 1.807) is 6.07 Å². The van der Waals surface area contributed by atoms with E-state index < -0.39 is 0 Å². The number of nitrogens with zero attached hydrogens (tertiary/aromatic N) is 1. The van der Waals surface area contributed by atoms with Gasteiger partial charge in [0.15, 0.2) is 5.82 Å². The van der Waals surface area contributed by atoms with Crippen molar-refractivity contribution in [3.05, 3.63) is 16.1 Å². The molecule has 0 radical (unpaired) electrons. The molecule has 1 aromatic heterocycles. The molecule has 0 spiro atoms. The van der Waals surface area contributed by atoms with Crippen molar-refractivity contribution in [2.45, 2.75) is 25.3 Å². The molecule has 4 nitrogen and oxygen atoms in total. The van der Waals surface area contributed by atoms with E-state index in [9.17, 15) is 0 Å². The largest absolute Gasteiger partial charge is 0.364 e. The van der Waals surface area contributed by atoms with E-state index in [0.717, 1.165) is 12.8 Å². The minimum Gasteiger partial charge on any atom is -0.364 e. The summed E-state index contributed by atoms with van der Waals surface area (Å²) in [4.78, 5) is 4.20. The molecule has 0 unspecified atom stereocenters. The van der Waals surface area contributed by atoms with Crippen LogP contribution in [-0.4, -0.2) is 10.5 Å². The van der Waals surface area contributed by atoms with Gasteiger partial charge < -0.3 is 10.7 Å². The molecule has 1 fully saturated rings. The minimum atomic E-state index is 0.121. The maximum atomic E-state index is 6.01. The van der Waals surface area contributed by atoms with Crippen molar-refractivity contribution in [3.63, 3.8) is 0 Å². The Bertz CT molecular complexity index is 390. The molecule has 1 aromatic rings. The van der Waals surface area contributed by atoms with Crippen LogP contribution in [0, 0.1) is 0 Å². The fourth-order valence-electron chi connectivity index (χ4n) is 1.25. The van der Waals surface area contributed by atoms with Gasteiger partial charge in [-0.2, -0.15) is 0 Å². The van der Waals surface area contributed by atoms with Crippen LogP contribution in [0.1, 0.15) is 19.8 Å². The average molecular weight is 247 g/mol. The van der Waals surface area contributed by atoms with E-state index in [-0.39, 0.29) is 5.54 Å². The standard InChI is InChI=1S/C9H12Cl2N4/c1-9(2-3-9)14-7-5(10)4-6(11)8(13-7)15-12/h4H,2-3,12H2,1H3,(H2,13,14,15). The van der Waals surface area contributed by atoms with Crippen molar-refractivity contribution < 1.29 is 0 Å². The van der Waals surface area contributed by atoms with Gasteiger partial charge in [0.05, 0.1) is 10.0 Å². The zero-order valence-corrected chi connectivity index (χ0v) is 9.78. The first-order chi connectivity index (χ1) is 7.04. The zero-order valence-electron chi connectivity index (χ0n) is 8.27. The van der Waals surface area contributed by atoms with Gasteiger partial charge in [0.2, 0.25) is 0 Å². The van der Waals surface area contributed by atoms with Crippen molar-refractivity contribution in [2.24, 2.45) is 5.84 Å². The number of halogens is 2. The summed E-state index contributed by atoms with van der Waals surface area (Å²) in [6.07, 6.45) is 2.25. The molecule has 82 valence electrons. The normalized spacial score (nSPS) is 17.3. The number of anilines is 2. The Morgan fingerprint density at radius 3 is 2.47 bits per heavy atom. The maximum Gasteiger partial charge on any atom is 0.161 e. The lowest BCUT2D eigenvalue weighted by molar-refractivity contribution is 0.821. The van der Waals surface area contributed by atoms with Crippen LogP contribution in [0.3, 0.4) is 0 Å². The Kier molecular flexibility index (Phi) is 2.66. The lowest BCUT2D eigenvalue weighted by atomic mass is 10.3. The molecule has 0 saturated heterocycles. The number of nitrogen functional groups attached to an aromatic ring is 1. The van der Waals surface area contributed by atoms with Gasteiger partial charge >= 0.3 is 0 Å². The Balaban J connectivity index is 2.29. The number of hydrazine groups is 1. The molecule has 1 saturated carbocycles. The van der Waals surface area contributed by atoms with Crippen LogP contribution < -0.4 is 16.6 Å². The van der Waals surface area contributed by atoms with Crippen molar-refractivity contribution >= 4 is 34.8 Å². The van der Waals surface area contributed by atoms with Gasteiger partial charge in [-0.1, -0.05) is 23.2 Å². The Labute approximate surface area is 98.1 Å². The minimum absolute atomic E-state index is 0.121. The summed E-state index contributed by atoms with van der Waals surface area (Å²) in [5.41, 5.74) is 2.55. The van der Waals surface area contributed by atoms with Gasteiger partial charge in [-0.05, 0) is 25.8 Å². The molecule has 4 N–H and O–H groups in total. The molecule has 0 aromatic carbocycles. The van der Waals surface area contributed by atoms with Crippen LogP contribution in [0.25, 0.3) is 0 Å². The lowest BCUT2D eigenvalue weighted by Gasteiger charge is -2.15. The summed E-state index contributed by atoms with van der Waals surface area (Å²) < 4.78 is 0. The summed E-state index contributed by atoms with van der Waals surface area (Å²) in [5, 5.41) is 4.18. The molecule has 1 aliphatic carbocycles. The monoisotopic (exact) mass is 246 g/mol. The van der Waals surface area contributed by atoms with Crippen molar-refractivity contribution in [3.8, 4) is 0 Å². The van der Waals surface area contributed by atoms with Crippen LogP contribution >= 0.6 is 23.2 Å². The van der Waals surface area contributed by atoms with Gasteiger partial charge in [0, 0.05) is 5.54 Å². The van der Waals surface area contributed by atoms with Gasteiger partial charge in [0.1, 0.15) is 5.82 Å². The lowest BCUT2D eigenvalue weighted by Crippen LogP contribution is -2.18. The number of nitrogens with two attached hydrogens (primary N) is 1. The third kappa shape index (κ3) is 2.27. The summed E-state index contributed by atoms with van der Waals surface area (Å²) in [5.74, 6) is 6.32. The molecule has 0 amide bonds. The fraction of sp³-hybridized carbons (Fsp3) is 0.444. The second-order valence-electron chi connectivity index (χ2n) is 3.98. The second-order valence-corrected chi connectivity index (χ2v) is 4.79. The number of rotatable bonds is 3. The van der Waals surface area contributed by atoms with Crippen LogP contribution in [-0.2, 0) is 0 Å². The second kappa shape index (κ2) is 3.70. The molecule has 1 heterocycles. The highest BCUT2D eigenvalue weighted by atomic mass is 35.5. The van der Waals surface area contributed by atoms with E-state index >= 15 is 0 Å². The fourth-order valence-corrected chi connectivity index (χ4v) is 1.71. The third-order valence-electron chi connectivity index (χ3n) is 2.49. The highest BCUT2D eigenvalue weighted by Crippen LogP contribution is 2.40. The smallest absolute Gasteiger partial charge is 0.161 e. The molecular formula is C9H12Cl2N4. The zero-order chi connectivity index (χ0) is 11.1. The van der Waals surface area contributed by atoms with Crippen LogP contribution in [0.5, 0.6) is 0 Å². The maximum absolute atomic E-state index is 6.01. The predicted octanol–water partition coefficient (Wildman–Crippen LogP) is 2.64. The summed E-state index contributed by atoms with van der Waals surface area (Å²) in [7, 11) is 0. The Morgan fingerprint density at radius 1 is 1.33 bits per heavy atom. The summed E-state index contributed by atoms with van der Waals surface area (Å²) in [6, 6.07) is 1.62. The van der Waals surface area contributed by atoms with Crippen LogP contribution in [0.2, 0.25) is 10.0 Å². The predicted molar refractivity (Wildman–Crippen MR) is 63.3 cm³/mol. The van der Waals surface area contributed by atoms with E-state index in [1.807, 2.05) is 0 Å². The summed E-state index contributed by atoms with van der Waals surface area (Å²) in [6.45, 7) is 2.12. The molecule has 0 atom stereocenters. The number of nitrogens with one attached hydrogen (secondary N) is 2. The van der Waals surface area contributed by atoms with Crippen LogP contribution in [0.4, 0.5) is 11.6 Å². The number of pyridine rings is 1. The first-order valence-electron chi connectivity index (χ1n) is 4.65. The highest BCUT2D eigenvalue weighted by Gasteiger charge is 2.38. The molecule has 6 heteroatoms. The number of hydrogen-bond donors (Lipinski definition) is 3.